The molecule has 2 aromatic rings. The topological polar surface area (TPSA) is 69.1 Å². The van der Waals surface area contributed by atoms with Gasteiger partial charge in [-0.05, 0) is 38.0 Å². The lowest BCUT2D eigenvalue weighted by Crippen LogP contribution is -2.10. The Morgan fingerprint density at radius 3 is 2.90 bits per heavy atom. The molecule has 1 aliphatic carbocycles. The number of nitrogen functional groups attached to an aromatic ring is 1. The maximum atomic E-state index is 6.23. The van der Waals surface area contributed by atoms with Crippen molar-refractivity contribution in [2.45, 2.75) is 58.8 Å². The molecule has 5 nitrogen and oxygen atoms in total. The van der Waals surface area contributed by atoms with Crippen LogP contribution in [0.15, 0.2) is 6.33 Å². The number of aryl methyl sites for hydroxylation is 1. The van der Waals surface area contributed by atoms with E-state index in [9.17, 15) is 0 Å². The molecule has 2 aromatic heterocycles. The SMILES string of the molecule is Cc1nc2ncnn2c(N)c1CCC(C)CC1CCCC1. The molecular weight excluding hydrogens is 262 g/mol. The van der Waals surface area contributed by atoms with Crippen LogP contribution in [0.25, 0.3) is 5.78 Å². The first-order valence-electron chi connectivity index (χ1n) is 8.10. The van der Waals surface area contributed by atoms with Crippen LogP contribution in [0.3, 0.4) is 0 Å². The summed E-state index contributed by atoms with van der Waals surface area (Å²) < 4.78 is 1.64. The lowest BCUT2D eigenvalue weighted by molar-refractivity contribution is 0.379. The second-order valence-corrected chi connectivity index (χ2v) is 6.56. The highest BCUT2D eigenvalue weighted by atomic mass is 15.3. The van der Waals surface area contributed by atoms with Gasteiger partial charge < -0.3 is 5.73 Å². The number of anilines is 1. The van der Waals surface area contributed by atoms with Gasteiger partial charge in [0.15, 0.2) is 0 Å². The summed E-state index contributed by atoms with van der Waals surface area (Å²) in [7, 11) is 0. The minimum atomic E-state index is 0.591. The molecule has 1 fully saturated rings. The highest BCUT2D eigenvalue weighted by Crippen LogP contribution is 2.32. The molecule has 0 amide bonds. The molecule has 114 valence electrons. The predicted octanol–water partition coefficient (Wildman–Crippen LogP) is 3.16. The Morgan fingerprint density at radius 1 is 1.38 bits per heavy atom. The fourth-order valence-electron chi connectivity index (χ4n) is 3.64. The van der Waals surface area contributed by atoms with Gasteiger partial charge in [-0.15, -0.1) is 0 Å². The number of nitrogens with two attached hydrogens (primary N) is 1. The number of aromatic nitrogens is 4. The molecule has 1 saturated carbocycles. The van der Waals surface area contributed by atoms with Gasteiger partial charge in [0, 0.05) is 11.3 Å². The van der Waals surface area contributed by atoms with Crippen molar-refractivity contribution in [3.05, 3.63) is 17.6 Å². The number of nitrogens with zero attached hydrogens (tertiary/aromatic N) is 4. The van der Waals surface area contributed by atoms with E-state index in [0.29, 0.717) is 11.6 Å². The fourth-order valence-corrected chi connectivity index (χ4v) is 3.64. The van der Waals surface area contributed by atoms with E-state index in [1.165, 1.54) is 44.9 Å². The summed E-state index contributed by atoms with van der Waals surface area (Å²) in [6, 6.07) is 0. The molecular formula is C16H25N5. The average molecular weight is 287 g/mol. The van der Waals surface area contributed by atoms with Crippen LogP contribution in [-0.4, -0.2) is 19.6 Å². The molecule has 0 aliphatic heterocycles. The van der Waals surface area contributed by atoms with Crippen LogP contribution < -0.4 is 5.73 Å². The largest absolute Gasteiger partial charge is 0.383 e. The number of rotatable bonds is 5. The normalized spacial score (nSPS) is 17.6. The fraction of sp³-hybridized carbons (Fsp3) is 0.688. The molecule has 0 radical (unpaired) electrons. The van der Waals surface area contributed by atoms with Gasteiger partial charge in [0.25, 0.3) is 5.78 Å². The zero-order valence-electron chi connectivity index (χ0n) is 13.0. The van der Waals surface area contributed by atoms with Gasteiger partial charge in [-0.2, -0.15) is 14.6 Å². The van der Waals surface area contributed by atoms with Crippen LogP contribution in [0, 0.1) is 18.8 Å². The van der Waals surface area contributed by atoms with Gasteiger partial charge in [-0.25, -0.2) is 4.98 Å². The second kappa shape index (κ2) is 6.00. The van der Waals surface area contributed by atoms with Crippen molar-refractivity contribution >= 4 is 11.6 Å². The lowest BCUT2D eigenvalue weighted by atomic mass is 9.90. The molecule has 2 heterocycles. The monoisotopic (exact) mass is 287 g/mol. The highest BCUT2D eigenvalue weighted by molar-refractivity contribution is 5.49. The molecule has 1 aliphatic rings. The minimum Gasteiger partial charge on any atom is -0.383 e. The maximum absolute atomic E-state index is 6.23. The Morgan fingerprint density at radius 2 is 2.14 bits per heavy atom. The van der Waals surface area contributed by atoms with Gasteiger partial charge in [0.1, 0.15) is 12.1 Å². The van der Waals surface area contributed by atoms with Crippen LogP contribution in [0.4, 0.5) is 5.82 Å². The van der Waals surface area contributed by atoms with Crippen LogP contribution in [0.2, 0.25) is 0 Å². The summed E-state index contributed by atoms with van der Waals surface area (Å²) in [6.07, 6.45) is 10.7. The molecule has 1 atom stereocenters. The van der Waals surface area contributed by atoms with Gasteiger partial charge >= 0.3 is 0 Å². The summed E-state index contributed by atoms with van der Waals surface area (Å²) in [4.78, 5) is 8.59. The van der Waals surface area contributed by atoms with E-state index in [1.54, 1.807) is 4.52 Å². The van der Waals surface area contributed by atoms with E-state index in [1.807, 2.05) is 6.92 Å². The highest BCUT2D eigenvalue weighted by Gasteiger charge is 2.19. The smallest absolute Gasteiger partial charge is 0.254 e. The maximum Gasteiger partial charge on any atom is 0.254 e. The van der Waals surface area contributed by atoms with Crippen molar-refractivity contribution in [1.82, 2.24) is 19.6 Å². The van der Waals surface area contributed by atoms with Gasteiger partial charge in [0.2, 0.25) is 0 Å². The summed E-state index contributed by atoms with van der Waals surface area (Å²) in [6.45, 7) is 4.38. The van der Waals surface area contributed by atoms with Crippen molar-refractivity contribution in [2.24, 2.45) is 11.8 Å². The van der Waals surface area contributed by atoms with Crippen LogP contribution >= 0.6 is 0 Å². The summed E-state index contributed by atoms with van der Waals surface area (Å²) in [5.74, 6) is 2.99. The van der Waals surface area contributed by atoms with E-state index in [0.717, 1.165) is 29.5 Å². The van der Waals surface area contributed by atoms with E-state index in [-0.39, 0.29) is 0 Å². The van der Waals surface area contributed by atoms with Crippen LogP contribution in [-0.2, 0) is 6.42 Å². The van der Waals surface area contributed by atoms with Crippen molar-refractivity contribution in [3.8, 4) is 0 Å². The van der Waals surface area contributed by atoms with Crippen LogP contribution in [0.5, 0.6) is 0 Å². The Bertz CT molecular complexity index is 612. The average Bonchev–Trinajstić information content (AvgIpc) is 3.09. The molecule has 3 rings (SSSR count). The van der Waals surface area contributed by atoms with E-state index >= 15 is 0 Å². The standard InChI is InChI=1S/C16H25N5/c1-11(9-13-5-3-4-6-13)7-8-14-12(2)20-16-18-10-19-21(16)15(14)17/h10-11,13H,3-9,17H2,1-2H3. The summed E-state index contributed by atoms with van der Waals surface area (Å²) >= 11 is 0. The summed E-state index contributed by atoms with van der Waals surface area (Å²) in [5.41, 5.74) is 8.35. The van der Waals surface area contributed by atoms with Crippen molar-refractivity contribution in [3.63, 3.8) is 0 Å². The number of hydrogen-bond donors (Lipinski definition) is 1. The van der Waals surface area contributed by atoms with E-state index in [4.69, 9.17) is 5.73 Å². The van der Waals surface area contributed by atoms with Crippen LogP contribution in [0.1, 0.15) is 56.7 Å². The Labute approximate surface area is 126 Å². The molecule has 0 spiro atoms. The first-order chi connectivity index (χ1) is 10.1. The first kappa shape index (κ1) is 14.3. The minimum absolute atomic E-state index is 0.591. The van der Waals surface area contributed by atoms with Gasteiger partial charge in [-0.3, -0.25) is 0 Å². The molecule has 0 aromatic carbocycles. The molecule has 5 heteroatoms. The third-order valence-electron chi connectivity index (χ3n) is 4.87. The number of hydrogen-bond acceptors (Lipinski definition) is 4. The third kappa shape index (κ3) is 3.01. The Kier molecular flexibility index (Phi) is 4.08. The zero-order valence-corrected chi connectivity index (χ0v) is 13.0. The van der Waals surface area contributed by atoms with Crippen molar-refractivity contribution < 1.29 is 0 Å². The summed E-state index contributed by atoms with van der Waals surface area (Å²) in [5, 5.41) is 4.15. The van der Waals surface area contributed by atoms with E-state index in [2.05, 4.69) is 22.0 Å². The molecule has 1 unspecified atom stereocenters. The second-order valence-electron chi connectivity index (χ2n) is 6.56. The van der Waals surface area contributed by atoms with E-state index < -0.39 is 0 Å². The van der Waals surface area contributed by atoms with Crippen molar-refractivity contribution in [2.75, 3.05) is 5.73 Å². The quantitative estimate of drug-likeness (QED) is 0.917. The number of fused-ring (bicyclic) bond motifs is 1. The first-order valence-corrected chi connectivity index (χ1v) is 8.10. The third-order valence-corrected chi connectivity index (χ3v) is 4.87. The van der Waals surface area contributed by atoms with Gasteiger partial charge in [0.05, 0.1) is 0 Å². The lowest BCUT2D eigenvalue weighted by Gasteiger charge is -2.17. The Hall–Kier alpha value is -1.65. The predicted molar refractivity (Wildman–Crippen MR) is 84.0 cm³/mol. The molecule has 2 N–H and O–H groups in total. The molecule has 21 heavy (non-hydrogen) atoms. The molecule has 0 saturated heterocycles. The van der Waals surface area contributed by atoms with Crippen molar-refractivity contribution in [1.29, 1.82) is 0 Å². The van der Waals surface area contributed by atoms with Gasteiger partial charge in [-0.1, -0.05) is 32.6 Å². The molecule has 0 bridgehead atoms. The zero-order chi connectivity index (χ0) is 14.8. The Balaban J connectivity index is 1.66.